The van der Waals surface area contributed by atoms with Crippen molar-refractivity contribution in [2.75, 3.05) is 10.6 Å². The second-order valence-electron chi connectivity index (χ2n) is 8.28. The van der Waals surface area contributed by atoms with Gasteiger partial charge in [-0.25, -0.2) is 0 Å². The summed E-state index contributed by atoms with van der Waals surface area (Å²) in [6, 6.07) is 13.4. The van der Waals surface area contributed by atoms with E-state index < -0.39 is 0 Å². The van der Waals surface area contributed by atoms with E-state index in [9.17, 15) is 9.59 Å². The molecule has 154 valence electrons. The van der Waals surface area contributed by atoms with Gasteiger partial charge in [-0.1, -0.05) is 44.2 Å². The summed E-state index contributed by atoms with van der Waals surface area (Å²) in [6.45, 7) is 10.1. The average Bonchev–Trinajstić information content (AvgIpc) is 3.45. The number of carbonyl (C=O) groups is 2. The van der Waals surface area contributed by atoms with E-state index in [1.54, 1.807) is 0 Å². The van der Waals surface area contributed by atoms with Crippen LogP contribution in [0.3, 0.4) is 0 Å². The standard InChI is InChI=1S/C24H30N2O3/c1-14(2)17-10-8-9-16(5)22(17)26-24(28)19-13-18(19)23(27)25-20-11-6-7-12-21(20)29-15(3)4/h6-12,14-15,18-19H,13H2,1-5H3,(H,25,27)(H,26,28). The highest BCUT2D eigenvalue weighted by Crippen LogP contribution is 2.41. The average molecular weight is 395 g/mol. The number of benzene rings is 2. The van der Waals surface area contributed by atoms with Crippen LogP contribution in [0.5, 0.6) is 5.75 Å². The molecule has 2 unspecified atom stereocenters. The van der Waals surface area contributed by atoms with Crippen LogP contribution >= 0.6 is 0 Å². The van der Waals surface area contributed by atoms with Gasteiger partial charge in [0.15, 0.2) is 0 Å². The summed E-state index contributed by atoms with van der Waals surface area (Å²) in [7, 11) is 0. The lowest BCUT2D eigenvalue weighted by molar-refractivity contribution is -0.122. The molecular weight excluding hydrogens is 364 g/mol. The monoisotopic (exact) mass is 394 g/mol. The lowest BCUT2D eigenvalue weighted by Gasteiger charge is -2.16. The van der Waals surface area contributed by atoms with Crippen molar-refractivity contribution >= 4 is 23.2 Å². The van der Waals surface area contributed by atoms with Gasteiger partial charge in [-0.2, -0.15) is 0 Å². The second kappa shape index (κ2) is 8.68. The Kier molecular flexibility index (Phi) is 6.26. The number of aryl methyl sites for hydroxylation is 1. The van der Waals surface area contributed by atoms with E-state index in [1.165, 1.54) is 0 Å². The van der Waals surface area contributed by atoms with Crippen LogP contribution in [0.2, 0.25) is 0 Å². The van der Waals surface area contributed by atoms with Gasteiger partial charge in [0.1, 0.15) is 5.75 Å². The molecule has 1 saturated carbocycles. The van der Waals surface area contributed by atoms with Crippen molar-refractivity contribution in [3.8, 4) is 5.75 Å². The fourth-order valence-electron chi connectivity index (χ4n) is 3.48. The number of carbonyl (C=O) groups excluding carboxylic acids is 2. The maximum atomic E-state index is 12.8. The van der Waals surface area contributed by atoms with E-state index in [1.807, 2.05) is 63.2 Å². The van der Waals surface area contributed by atoms with Gasteiger partial charge < -0.3 is 15.4 Å². The third-order valence-corrected chi connectivity index (χ3v) is 5.15. The number of ether oxygens (including phenoxy) is 1. The molecule has 29 heavy (non-hydrogen) atoms. The summed E-state index contributed by atoms with van der Waals surface area (Å²) < 4.78 is 5.75. The summed E-state index contributed by atoms with van der Waals surface area (Å²) in [4.78, 5) is 25.4. The molecule has 1 fully saturated rings. The van der Waals surface area contributed by atoms with Gasteiger partial charge in [0.2, 0.25) is 11.8 Å². The number of anilines is 2. The van der Waals surface area contributed by atoms with Crippen molar-refractivity contribution in [1.82, 2.24) is 0 Å². The Bertz CT molecular complexity index is 905. The van der Waals surface area contributed by atoms with E-state index in [0.29, 0.717) is 23.8 Å². The van der Waals surface area contributed by atoms with Gasteiger partial charge >= 0.3 is 0 Å². The van der Waals surface area contributed by atoms with Crippen molar-refractivity contribution in [2.24, 2.45) is 11.8 Å². The fraction of sp³-hybridized carbons (Fsp3) is 0.417. The zero-order valence-electron chi connectivity index (χ0n) is 17.8. The molecule has 1 aliphatic rings. The number of amides is 2. The SMILES string of the molecule is Cc1cccc(C(C)C)c1NC(=O)C1CC1C(=O)Nc1ccccc1OC(C)C. The van der Waals surface area contributed by atoms with Gasteiger partial charge in [0, 0.05) is 5.69 Å². The van der Waals surface area contributed by atoms with Crippen molar-refractivity contribution in [2.45, 2.75) is 53.1 Å². The molecule has 2 aromatic carbocycles. The maximum absolute atomic E-state index is 12.8. The molecule has 5 nitrogen and oxygen atoms in total. The van der Waals surface area contributed by atoms with E-state index in [2.05, 4.69) is 24.5 Å². The molecule has 0 aromatic heterocycles. The minimum Gasteiger partial charge on any atom is -0.489 e. The van der Waals surface area contributed by atoms with Crippen LogP contribution in [0.4, 0.5) is 11.4 Å². The molecule has 0 radical (unpaired) electrons. The second-order valence-corrected chi connectivity index (χ2v) is 8.28. The molecule has 0 saturated heterocycles. The summed E-state index contributed by atoms with van der Waals surface area (Å²) in [5.74, 6) is 0.105. The minimum absolute atomic E-state index is 0.0109. The van der Waals surface area contributed by atoms with Crippen LogP contribution in [0.25, 0.3) is 0 Å². The molecule has 5 heteroatoms. The predicted octanol–water partition coefficient (Wildman–Crippen LogP) is 5.12. The highest BCUT2D eigenvalue weighted by molar-refractivity contribution is 6.04. The highest BCUT2D eigenvalue weighted by Gasteiger charge is 2.48. The summed E-state index contributed by atoms with van der Waals surface area (Å²) in [5, 5.41) is 5.99. The van der Waals surface area contributed by atoms with Crippen LogP contribution in [-0.2, 0) is 9.59 Å². The van der Waals surface area contributed by atoms with E-state index in [0.717, 1.165) is 16.8 Å². The molecular formula is C24H30N2O3. The molecule has 0 heterocycles. The quantitative estimate of drug-likeness (QED) is 0.685. The first-order valence-corrected chi connectivity index (χ1v) is 10.2. The third-order valence-electron chi connectivity index (χ3n) is 5.15. The fourth-order valence-corrected chi connectivity index (χ4v) is 3.48. The van der Waals surface area contributed by atoms with Gasteiger partial charge in [-0.05, 0) is 56.4 Å². The predicted molar refractivity (Wildman–Crippen MR) is 116 cm³/mol. The number of rotatable bonds is 7. The lowest BCUT2D eigenvalue weighted by Crippen LogP contribution is -2.22. The Hall–Kier alpha value is -2.82. The number of hydrogen-bond donors (Lipinski definition) is 2. The van der Waals surface area contributed by atoms with Crippen LogP contribution in [-0.4, -0.2) is 17.9 Å². The molecule has 1 aliphatic carbocycles. The smallest absolute Gasteiger partial charge is 0.228 e. The number of hydrogen-bond acceptors (Lipinski definition) is 3. The molecule has 0 spiro atoms. The van der Waals surface area contributed by atoms with Crippen LogP contribution < -0.4 is 15.4 Å². The van der Waals surface area contributed by atoms with Crippen LogP contribution in [0.1, 0.15) is 51.2 Å². The lowest BCUT2D eigenvalue weighted by atomic mass is 9.98. The zero-order valence-corrected chi connectivity index (χ0v) is 17.8. The maximum Gasteiger partial charge on any atom is 0.228 e. The van der Waals surface area contributed by atoms with E-state index in [-0.39, 0.29) is 29.8 Å². The van der Waals surface area contributed by atoms with E-state index in [4.69, 9.17) is 4.74 Å². The number of nitrogens with one attached hydrogen (secondary N) is 2. The normalized spacial score (nSPS) is 17.9. The Balaban J connectivity index is 1.65. The molecule has 0 aliphatic heterocycles. The first-order valence-electron chi connectivity index (χ1n) is 10.2. The van der Waals surface area contributed by atoms with Crippen molar-refractivity contribution in [3.05, 3.63) is 53.6 Å². The highest BCUT2D eigenvalue weighted by atomic mass is 16.5. The molecule has 2 atom stereocenters. The first kappa shape index (κ1) is 20.9. The van der Waals surface area contributed by atoms with Gasteiger partial charge in [0.25, 0.3) is 0 Å². The summed E-state index contributed by atoms with van der Waals surface area (Å²) in [5.41, 5.74) is 3.65. The molecule has 0 bridgehead atoms. The molecule has 2 amide bonds. The third kappa shape index (κ3) is 4.97. The van der Waals surface area contributed by atoms with Crippen molar-refractivity contribution in [3.63, 3.8) is 0 Å². The largest absolute Gasteiger partial charge is 0.489 e. The Labute approximate surface area is 172 Å². The summed E-state index contributed by atoms with van der Waals surface area (Å²) in [6.07, 6.45) is 0.574. The van der Waals surface area contributed by atoms with Gasteiger partial charge in [-0.15, -0.1) is 0 Å². The van der Waals surface area contributed by atoms with Crippen molar-refractivity contribution < 1.29 is 14.3 Å². The Morgan fingerprint density at radius 3 is 2.24 bits per heavy atom. The summed E-state index contributed by atoms with van der Waals surface area (Å²) >= 11 is 0. The van der Waals surface area contributed by atoms with E-state index >= 15 is 0 Å². The topological polar surface area (TPSA) is 67.4 Å². The first-order chi connectivity index (χ1) is 13.8. The van der Waals surface area contributed by atoms with Crippen LogP contribution in [0, 0.1) is 18.8 Å². The zero-order chi connectivity index (χ0) is 21.1. The molecule has 2 N–H and O–H groups in total. The molecule has 2 aromatic rings. The van der Waals surface area contributed by atoms with Gasteiger partial charge in [0.05, 0.1) is 23.6 Å². The minimum atomic E-state index is -0.311. The Morgan fingerprint density at radius 2 is 1.59 bits per heavy atom. The van der Waals surface area contributed by atoms with Crippen LogP contribution in [0.15, 0.2) is 42.5 Å². The van der Waals surface area contributed by atoms with Gasteiger partial charge in [-0.3, -0.25) is 9.59 Å². The molecule has 3 rings (SSSR count). The Morgan fingerprint density at radius 1 is 0.931 bits per heavy atom. The number of para-hydroxylation sites is 3. The van der Waals surface area contributed by atoms with Crippen molar-refractivity contribution in [1.29, 1.82) is 0 Å².